The lowest BCUT2D eigenvalue weighted by Gasteiger charge is -2.34. The average Bonchev–Trinajstić information content (AvgIpc) is 2.85. The second kappa shape index (κ2) is 14.9. The van der Waals surface area contributed by atoms with Gasteiger partial charge in [-0.25, -0.2) is 4.79 Å². The van der Waals surface area contributed by atoms with E-state index in [2.05, 4.69) is 36.5 Å². The van der Waals surface area contributed by atoms with E-state index in [1.165, 1.54) is 38.7 Å². The molecule has 0 aromatic heterocycles. The van der Waals surface area contributed by atoms with Crippen LogP contribution in [0.1, 0.15) is 78.4 Å². The molecule has 2 rings (SSSR count). The van der Waals surface area contributed by atoms with Crippen molar-refractivity contribution in [2.24, 2.45) is 0 Å². The lowest BCUT2D eigenvalue weighted by molar-refractivity contribution is -0.148. The monoisotopic (exact) mass is 559 g/mol. The van der Waals surface area contributed by atoms with Gasteiger partial charge in [0.25, 0.3) is 0 Å². The number of carbonyl (C=O) groups excluding carboxylic acids is 3. The van der Waals surface area contributed by atoms with Crippen LogP contribution < -0.4 is 5.32 Å². The molecule has 39 heavy (non-hydrogen) atoms. The first-order valence-corrected chi connectivity index (χ1v) is 13.9. The third-order valence-corrected chi connectivity index (χ3v) is 6.50. The van der Waals surface area contributed by atoms with E-state index in [1.807, 2.05) is 18.2 Å². The fourth-order valence-corrected chi connectivity index (χ4v) is 4.34. The van der Waals surface area contributed by atoms with Gasteiger partial charge in [0.15, 0.2) is 0 Å². The van der Waals surface area contributed by atoms with Crippen LogP contribution in [-0.4, -0.2) is 42.4 Å². The number of esters is 2. The zero-order valence-corrected chi connectivity index (χ0v) is 24.8. The molecule has 0 fully saturated rings. The number of amides is 1. The van der Waals surface area contributed by atoms with Gasteiger partial charge >= 0.3 is 18.0 Å². The number of hydrogen-bond donors (Lipinski definition) is 1. The van der Waals surface area contributed by atoms with E-state index in [1.54, 1.807) is 20.8 Å². The Kier molecular flexibility index (Phi) is 12.3. The molecular weight excluding hydrogens is 518 g/mol. The maximum Gasteiger partial charge on any atom is 0.408 e. The Morgan fingerprint density at radius 2 is 1.44 bits per heavy atom. The zero-order valence-electron chi connectivity index (χ0n) is 24.0. The molecule has 0 bridgehead atoms. The quantitative estimate of drug-likeness (QED) is 0.160. The van der Waals surface area contributed by atoms with Gasteiger partial charge in [-0.1, -0.05) is 67.8 Å². The van der Waals surface area contributed by atoms with Crippen LogP contribution in [0.2, 0.25) is 5.02 Å². The molecule has 8 heteroatoms. The molecule has 0 aliphatic carbocycles. The van der Waals surface area contributed by atoms with Gasteiger partial charge < -0.3 is 19.5 Å². The molecule has 0 heterocycles. The Labute approximate surface area is 237 Å². The van der Waals surface area contributed by atoms with Crippen molar-refractivity contribution in [1.29, 1.82) is 0 Å². The second-order valence-corrected chi connectivity index (χ2v) is 11.3. The minimum Gasteiger partial charge on any atom is -0.463 e. The molecule has 0 saturated carbocycles. The molecule has 1 N–H and O–H groups in total. The van der Waals surface area contributed by atoms with Crippen molar-refractivity contribution < 1.29 is 28.6 Å². The molecule has 0 unspecified atom stereocenters. The lowest BCUT2D eigenvalue weighted by Crippen LogP contribution is -2.57. The standard InChI is InChI=1S/C31H42ClNO6/c1-7-8-9-10-24-11-13-25(14-12-24)27-16-15-26(28(32)19-27)17-18-31(20-37-22(2)34,21-38-23(3)35)33-29(36)39-30(4,5)6/h11-16,19H,7-10,17-18,20-21H2,1-6H3,(H,33,36). The van der Waals surface area contributed by atoms with Crippen LogP contribution >= 0.6 is 11.6 Å². The Hall–Kier alpha value is -3.06. The predicted octanol–water partition coefficient (Wildman–Crippen LogP) is 7.06. The van der Waals surface area contributed by atoms with Crippen molar-refractivity contribution in [3.63, 3.8) is 0 Å². The van der Waals surface area contributed by atoms with Crippen molar-refractivity contribution >= 4 is 29.6 Å². The number of benzene rings is 2. The highest BCUT2D eigenvalue weighted by atomic mass is 35.5. The van der Waals surface area contributed by atoms with Crippen LogP contribution in [0, 0.1) is 0 Å². The van der Waals surface area contributed by atoms with Crippen molar-refractivity contribution in [1.82, 2.24) is 5.32 Å². The summed E-state index contributed by atoms with van der Waals surface area (Å²) in [6, 6.07) is 14.4. The topological polar surface area (TPSA) is 90.9 Å². The molecule has 1 amide bonds. The summed E-state index contributed by atoms with van der Waals surface area (Å²) in [4.78, 5) is 36.0. The van der Waals surface area contributed by atoms with Gasteiger partial charge in [0.05, 0.1) is 0 Å². The Balaban J connectivity index is 2.23. The first-order chi connectivity index (χ1) is 18.3. The van der Waals surface area contributed by atoms with Gasteiger partial charge in [-0.3, -0.25) is 9.59 Å². The second-order valence-electron chi connectivity index (χ2n) is 10.9. The van der Waals surface area contributed by atoms with Gasteiger partial charge in [0, 0.05) is 18.9 Å². The van der Waals surface area contributed by atoms with Crippen LogP contribution in [0.5, 0.6) is 0 Å². The molecule has 2 aromatic carbocycles. The summed E-state index contributed by atoms with van der Waals surface area (Å²) in [5.74, 6) is -1.04. The number of hydrogen-bond acceptors (Lipinski definition) is 6. The van der Waals surface area contributed by atoms with Crippen molar-refractivity contribution in [2.45, 2.75) is 91.2 Å². The van der Waals surface area contributed by atoms with Gasteiger partial charge in [0.2, 0.25) is 0 Å². The highest BCUT2D eigenvalue weighted by Crippen LogP contribution is 2.29. The Morgan fingerprint density at radius 1 is 0.846 bits per heavy atom. The van der Waals surface area contributed by atoms with E-state index in [0.29, 0.717) is 11.4 Å². The normalized spacial score (nSPS) is 11.6. The first kappa shape index (κ1) is 32.2. The Morgan fingerprint density at radius 3 is 1.95 bits per heavy atom. The van der Waals surface area contributed by atoms with Gasteiger partial charge in [0.1, 0.15) is 24.4 Å². The summed E-state index contributed by atoms with van der Waals surface area (Å²) < 4.78 is 16.0. The summed E-state index contributed by atoms with van der Waals surface area (Å²) >= 11 is 6.69. The molecule has 0 radical (unpaired) electrons. The SMILES string of the molecule is CCCCCc1ccc(-c2ccc(CCC(COC(C)=O)(COC(C)=O)NC(=O)OC(C)(C)C)c(Cl)c2)cc1. The smallest absolute Gasteiger partial charge is 0.408 e. The van der Waals surface area contributed by atoms with Gasteiger partial charge in [-0.05, 0) is 74.8 Å². The number of alkyl carbamates (subject to hydrolysis) is 1. The van der Waals surface area contributed by atoms with Crippen LogP contribution in [0.15, 0.2) is 42.5 Å². The number of nitrogens with one attached hydrogen (secondary N) is 1. The summed E-state index contributed by atoms with van der Waals surface area (Å²) in [6.45, 7) is 9.59. The first-order valence-electron chi connectivity index (χ1n) is 13.5. The third-order valence-electron chi connectivity index (χ3n) is 6.15. The molecule has 0 spiro atoms. The van der Waals surface area contributed by atoms with Crippen molar-refractivity contribution in [2.75, 3.05) is 13.2 Å². The van der Waals surface area contributed by atoms with E-state index >= 15 is 0 Å². The summed E-state index contributed by atoms with van der Waals surface area (Å²) in [5, 5.41) is 3.36. The van der Waals surface area contributed by atoms with Crippen LogP contribution in [0.4, 0.5) is 4.79 Å². The molecule has 0 aliphatic heterocycles. The molecule has 214 valence electrons. The van der Waals surface area contributed by atoms with Crippen molar-refractivity contribution in [3.8, 4) is 11.1 Å². The van der Waals surface area contributed by atoms with Crippen LogP contribution in [-0.2, 0) is 36.6 Å². The van der Waals surface area contributed by atoms with E-state index in [0.717, 1.165) is 23.1 Å². The summed E-state index contributed by atoms with van der Waals surface area (Å²) in [6.07, 6.45) is 4.69. The fraction of sp³-hybridized carbons (Fsp3) is 0.516. The van der Waals surface area contributed by atoms with E-state index in [4.69, 9.17) is 25.8 Å². The number of aryl methyl sites for hydroxylation is 2. The van der Waals surface area contributed by atoms with Crippen molar-refractivity contribution in [3.05, 3.63) is 58.6 Å². The van der Waals surface area contributed by atoms with Gasteiger partial charge in [-0.15, -0.1) is 0 Å². The highest BCUT2D eigenvalue weighted by molar-refractivity contribution is 6.31. The number of rotatable bonds is 13. The van der Waals surface area contributed by atoms with E-state index < -0.39 is 29.2 Å². The predicted molar refractivity (Wildman–Crippen MR) is 154 cm³/mol. The minimum atomic E-state index is -1.21. The number of carbonyl (C=O) groups is 3. The third kappa shape index (κ3) is 11.7. The Bertz CT molecular complexity index is 1090. The lowest BCUT2D eigenvalue weighted by atomic mass is 9.91. The molecule has 0 atom stereocenters. The number of halogens is 1. The number of unbranched alkanes of at least 4 members (excludes halogenated alkanes) is 2. The van der Waals surface area contributed by atoms with E-state index in [-0.39, 0.29) is 19.6 Å². The fourth-order valence-electron chi connectivity index (χ4n) is 4.07. The van der Waals surface area contributed by atoms with E-state index in [9.17, 15) is 14.4 Å². The van der Waals surface area contributed by atoms with Crippen LogP contribution in [0.25, 0.3) is 11.1 Å². The maximum atomic E-state index is 12.7. The van der Waals surface area contributed by atoms with Crippen LogP contribution in [0.3, 0.4) is 0 Å². The molecule has 7 nitrogen and oxygen atoms in total. The average molecular weight is 560 g/mol. The molecule has 0 saturated heterocycles. The summed E-state index contributed by atoms with van der Waals surface area (Å²) in [5.41, 5.74) is 2.29. The highest BCUT2D eigenvalue weighted by Gasteiger charge is 2.36. The minimum absolute atomic E-state index is 0.199. The molecule has 0 aliphatic rings. The number of ether oxygens (including phenoxy) is 3. The molecule has 2 aromatic rings. The molecular formula is C31H42ClNO6. The zero-order chi connectivity index (χ0) is 29.1. The largest absolute Gasteiger partial charge is 0.463 e. The van der Waals surface area contributed by atoms with Gasteiger partial charge in [-0.2, -0.15) is 0 Å². The maximum absolute atomic E-state index is 12.7. The summed E-state index contributed by atoms with van der Waals surface area (Å²) in [7, 11) is 0.